The van der Waals surface area contributed by atoms with Crippen molar-refractivity contribution in [1.82, 2.24) is 15.2 Å². The number of benzene rings is 2. The lowest BCUT2D eigenvalue weighted by Crippen LogP contribution is -1.93. The molecule has 1 N–H and O–H groups in total. The number of aromatic nitrogens is 3. The lowest BCUT2D eigenvalue weighted by Gasteiger charge is -2.08. The number of nitrogens with one attached hydrogen (secondary N) is 1. The van der Waals surface area contributed by atoms with Crippen LogP contribution in [0.5, 0.6) is 0 Å². The van der Waals surface area contributed by atoms with Crippen LogP contribution >= 0.6 is 11.8 Å². The number of halogens is 1. The SMILES string of the molecule is CC(Sc1n[nH]c(C=Cc2ccc(F)cc2)n1)c1cccc([N+](=O)[O-])c1. The molecule has 1 unspecified atom stereocenters. The van der Waals surface area contributed by atoms with Crippen LogP contribution in [-0.4, -0.2) is 20.1 Å². The quantitative estimate of drug-likeness (QED) is 0.380. The van der Waals surface area contributed by atoms with Crippen LogP contribution in [0.3, 0.4) is 0 Å². The van der Waals surface area contributed by atoms with Crippen molar-refractivity contribution < 1.29 is 9.31 Å². The monoisotopic (exact) mass is 370 g/mol. The number of nitrogens with zero attached hydrogens (tertiary/aromatic N) is 3. The second-order valence-electron chi connectivity index (χ2n) is 5.50. The van der Waals surface area contributed by atoms with E-state index in [0.717, 1.165) is 11.1 Å². The first-order chi connectivity index (χ1) is 12.5. The van der Waals surface area contributed by atoms with E-state index in [-0.39, 0.29) is 16.8 Å². The molecule has 1 heterocycles. The van der Waals surface area contributed by atoms with Crippen molar-refractivity contribution in [3.05, 3.63) is 81.4 Å². The van der Waals surface area contributed by atoms with Gasteiger partial charge in [0.1, 0.15) is 11.6 Å². The van der Waals surface area contributed by atoms with E-state index in [0.29, 0.717) is 11.0 Å². The highest BCUT2D eigenvalue weighted by Crippen LogP contribution is 2.34. The van der Waals surface area contributed by atoms with E-state index >= 15 is 0 Å². The van der Waals surface area contributed by atoms with Crippen molar-refractivity contribution in [1.29, 1.82) is 0 Å². The molecule has 0 saturated carbocycles. The molecule has 0 aliphatic carbocycles. The Morgan fingerprint density at radius 1 is 1.23 bits per heavy atom. The van der Waals surface area contributed by atoms with Gasteiger partial charge in [-0.1, -0.05) is 42.1 Å². The number of rotatable bonds is 6. The minimum Gasteiger partial charge on any atom is -0.259 e. The van der Waals surface area contributed by atoms with Crippen LogP contribution in [0.15, 0.2) is 53.7 Å². The summed E-state index contributed by atoms with van der Waals surface area (Å²) in [5.74, 6) is 0.290. The van der Waals surface area contributed by atoms with E-state index in [4.69, 9.17) is 0 Å². The summed E-state index contributed by atoms with van der Waals surface area (Å²) < 4.78 is 12.9. The Morgan fingerprint density at radius 2 is 2.00 bits per heavy atom. The first-order valence-electron chi connectivity index (χ1n) is 7.78. The summed E-state index contributed by atoms with van der Waals surface area (Å²) in [6, 6.07) is 12.6. The average Bonchev–Trinajstić information content (AvgIpc) is 3.08. The standard InChI is InChI=1S/C18H15FN4O2S/c1-12(14-3-2-4-16(11-14)23(24)25)26-18-20-17(21-22-18)10-7-13-5-8-15(19)9-6-13/h2-12H,1H3,(H,20,21,22). The van der Waals surface area contributed by atoms with Gasteiger partial charge >= 0.3 is 0 Å². The first-order valence-corrected chi connectivity index (χ1v) is 8.66. The number of hydrogen-bond acceptors (Lipinski definition) is 5. The number of aromatic amines is 1. The molecule has 0 radical (unpaired) electrons. The summed E-state index contributed by atoms with van der Waals surface area (Å²) >= 11 is 1.40. The summed E-state index contributed by atoms with van der Waals surface area (Å²) in [5, 5.41) is 18.4. The third kappa shape index (κ3) is 4.54. The van der Waals surface area contributed by atoms with Crippen molar-refractivity contribution in [2.75, 3.05) is 0 Å². The maximum absolute atomic E-state index is 12.9. The van der Waals surface area contributed by atoms with Gasteiger partial charge in [-0.15, -0.1) is 5.10 Å². The smallest absolute Gasteiger partial charge is 0.259 e. The molecular formula is C18H15FN4O2S. The van der Waals surface area contributed by atoms with Gasteiger partial charge in [0.05, 0.1) is 4.92 Å². The van der Waals surface area contributed by atoms with E-state index in [1.54, 1.807) is 36.4 Å². The normalized spacial score (nSPS) is 12.4. The molecular weight excluding hydrogens is 355 g/mol. The molecule has 0 aliphatic heterocycles. The Labute approximate surface area is 153 Å². The average molecular weight is 370 g/mol. The van der Waals surface area contributed by atoms with Gasteiger partial charge in [0.2, 0.25) is 5.16 Å². The number of H-pyrrole nitrogens is 1. The van der Waals surface area contributed by atoms with Crippen molar-refractivity contribution in [2.45, 2.75) is 17.3 Å². The van der Waals surface area contributed by atoms with Crippen molar-refractivity contribution in [3.8, 4) is 0 Å². The molecule has 3 aromatic rings. The highest BCUT2D eigenvalue weighted by atomic mass is 32.2. The zero-order valence-corrected chi connectivity index (χ0v) is 14.6. The van der Waals surface area contributed by atoms with Gasteiger partial charge in [-0.2, -0.15) is 0 Å². The highest BCUT2D eigenvalue weighted by molar-refractivity contribution is 7.99. The lowest BCUT2D eigenvalue weighted by molar-refractivity contribution is -0.384. The number of nitro benzene ring substituents is 1. The van der Waals surface area contributed by atoms with Gasteiger partial charge in [-0.3, -0.25) is 15.2 Å². The van der Waals surface area contributed by atoms with Gasteiger partial charge in [0.25, 0.3) is 5.69 Å². The van der Waals surface area contributed by atoms with E-state index in [1.165, 1.54) is 30.0 Å². The van der Waals surface area contributed by atoms with Crippen molar-refractivity contribution in [2.24, 2.45) is 0 Å². The van der Waals surface area contributed by atoms with Crippen LogP contribution in [-0.2, 0) is 0 Å². The van der Waals surface area contributed by atoms with Crippen LogP contribution in [0.1, 0.15) is 29.1 Å². The van der Waals surface area contributed by atoms with Gasteiger partial charge < -0.3 is 0 Å². The molecule has 132 valence electrons. The van der Waals surface area contributed by atoms with Gasteiger partial charge in [-0.05, 0) is 36.3 Å². The fraction of sp³-hybridized carbons (Fsp3) is 0.111. The number of non-ortho nitro benzene ring substituents is 1. The Hall–Kier alpha value is -3.00. The molecule has 1 atom stereocenters. The van der Waals surface area contributed by atoms with E-state index in [2.05, 4.69) is 15.2 Å². The molecule has 0 spiro atoms. The van der Waals surface area contributed by atoms with E-state index in [1.807, 2.05) is 13.0 Å². The molecule has 2 aromatic carbocycles. The molecule has 1 aromatic heterocycles. The molecule has 0 saturated heterocycles. The van der Waals surface area contributed by atoms with E-state index < -0.39 is 4.92 Å². The number of hydrogen-bond donors (Lipinski definition) is 1. The Bertz CT molecular complexity index is 940. The summed E-state index contributed by atoms with van der Waals surface area (Å²) in [5.41, 5.74) is 1.74. The maximum atomic E-state index is 12.9. The minimum atomic E-state index is -0.411. The fourth-order valence-electron chi connectivity index (χ4n) is 2.25. The van der Waals surface area contributed by atoms with Crippen LogP contribution < -0.4 is 0 Å². The van der Waals surface area contributed by atoms with Crippen molar-refractivity contribution in [3.63, 3.8) is 0 Å². The lowest BCUT2D eigenvalue weighted by atomic mass is 10.1. The molecule has 0 amide bonds. The largest absolute Gasteiger partial charge is 0.269 e. The molecule has 3 rings (SSSR count). The number of thioether (sulfide) groups is 1. The molecule has 26 heavy (non-hydrogen) atoms. The Morgan fingerprint density at radius 3 is 2.73 bits per heavy atom. The Kier molecular flexibility index (Phi) is 5.43. The van der Waals surface area contributed by atoms with Gasteiger partial charge in [0, 0.05) is 17.4 Å². The maximum Gasteiger partial charge on any atom is 0.269 e. The van der Waals surface area contributed by atoms with Gasteiger partial charge in [-0.25, -0.2) is 9.37 Å². The summed E-state index contributed by atoms with van der Waals surface area (Å²) in [6.07, 6.45) is 3.56. The van der Waals surface area contributed by atoms with Crippen LogP contribution in [0.2, 0.25) is 0 Å². The second-order valence-corrected chi connectivity index (χ2v) is 6.81. The van der Waals surface area contributed by atoms with Gasteiger partial charge in [0.15, 0.2) is 0 Å². The van der Waals surface area contributed by atoms with Crippen LogP contribution in [0.4, 0.5) is 10.1 Å². The summed E-state index contributed by atoms with van der Waals surface area (Å²) in [7, 11) is 0. The number of nitro groups is 1. The topological polar surface area (TPSA) is 84.7 Å². The molecule has 0 aliphatic rings. The van der Waals surface area contributed by atoms with Crippen LogP contribution in [0.25, 0.3) is 12.2 Å². The van der Waals surface area contributed by atoms with E-state index in [9.17, 15) is 14.5 Å². The summed E-state index contributed by atoms with van der Waals surface area (Å²) in [4.78, 5) is 14.8. The third-order valence-electron chi connectivity index (χ3n) is 3.62. The molecule has 6 nitrogen and oxygen atoms in total. The zero-order chi connectivity index (χ0) is 18.5. The van der Waals surface area contributed by atoms with Crippen molar-refractivity contribution >= 4 is 29.6 Å². The van der Waals surface area contributed by atoms with Crippen LogP contribution in [0, 0.1) is 15.9 Å². The third-order valence-corrected chi connectivity index (χ3v) is 4.64. The Balaban J connectivity index is 1.67. The predicted octanol–water partition coefficient (Wildman–Crippen LogP) is 4.88. The minimum absolute atomic E-state index is 0.0420. The molecule has 8 heteroatoms. The summed E-state index contributed by atoms with van der Waals surface area (Å²) in [6.45, 7) is 1.94. The predicted molar refractivity (Wildman–Crippen MR) is 99.1 cm³/mol. The second kappa shape index (κ2) is 7.92. The zero-order valence-electron chi connectivity index (χ0n) is 13.8. The first kappa shape index (κ1) is 17.8. The highest BCUT2D eigenvalue weighted by Gasteiger charge is 2.14. The molecule has 0 bridgehead atoms. The fourth-order valence-corrected chi connectivity index (χ4v) is 3.10. The molecule has 0 fully saturated rings.